The highest BCUT2D eigenvalue weighted by atomic mass is 19.1. The number of aryl methyl sites for hydroxylation is 1. The van der Waals surface area contributed by atoms with E-state index in [4.69, 9.17) is 9.47 Å². The number of carbonyl (C=O) groups is 2. The Morgan fingerprint density at radius 3 is 2.26 bits per heavy atom. The second-order valence-corrected chi connectivity index (χ2v) is 6.90. The lowest BCUT2D eigenvalue weighted by Crippen LogP contribution is -2.12. The topological polar surface area (TPSA) is 77.5 Å². The van der Waals surface area contributed by atoms with Gasteiger partial charge in [0.1, 0.15) is 11.5 Å². The number of rotatable bonds is 7. The van der Waals surface area contributed by atoms with Gasteiger partial charge in [0.15, 0.2) is 5.78 Å². The van der Waals surface area contributed by atoms with Crippen LogP contribution in [-0.2, 0) is 0 Å². The number of amides is 1. The molecule has 0 aliphatic carbocycles. The number of nitrogens with one attached hydrogen (secondary N) is 1. The lowest BCUT2D eigenvalue weighted by molar-refractivity contribution is 0.0981. The van der Waals surface area contributed by atoms with Gasteiger partial charge in [-0.3, -0.25) is 9.59 Å². The number of Topliss-reactive ketones (excluding diaryl/α,β-unsaturated/α-hetero) is 1. The van der Waals surface area contributed by atoms with Crippen LogP contribution in [0.1, 0.15) is 39.6 Å². The summed E-state index contributed by atoms with van der Waals surface area (Å²) in [5.74, 6) is -0.467. The van der Waals surface area contributed by atoms with Crippen molar-refractivity contribution in [1.29, 1.82) is 0 Å². The molecule has 31 heavy (non-hydrogen) atoms. The molecule has 160 valence electrons. The Bertz CT molecular complexity index is 1120. The van der Waals surface area contributed by atoms with E-state index < -0.39 is 5.95 Å². The molecule has 0 bridgehead atoms. The van der Waals surface area contributed by atoms with Crippen molar-refractivity contribution in [3.8, 4) is 22.8 Å². The summed E-state index contributed by atoms with van der Waals surface area (Å²) in [6.45, 7) is 3.53. The second kappa shape index (κ2) is 9.38. The van der Waals surface area contributed by atoms with Crippen LogP contribution in [0.5, 0.6) is 11.5 Å². The molecule has 0 aliphatic heterocycles. The number of pyridine rings is 1. The largest absolute Gasteiger partial charge is 0.497 e. The number of hydrogen-bond acceptors (Lipinski definition) is 5. The van der Waals surface area contributed by atoms with Crippen molar-refractivity contribution in [1.82, 2.24) is 4.98 Å². The smallest absolute Gasteiger partial charge is 0.255 e. The molecular formula is C24H23FN2O4. The van der Waals surface area contributed by atoms with Crippen LogP contribution in [-0.4, -0.2) is 30.9 Å². The zero-order valence-corrected chi connectivity index (χ0v) is 17.8. The molecule has 0 radical (unpaired) electrons. The van der Waals surface area contributed by atoms with Gasteiger partial charge in [-0.2, -0.15) is 4.39 Å². The van der Waals surface area contributed by atoms with Crippen LogP contribution in [0.2, 0.25) is 0 Å². The third-order valence-electron chi connectivity index (χ3n) is 4.86. The minimum atomic E-state index is -0.804. The van der Waals surface area contributed by atoms with Gasteiger partial charge in [0.25, 0.3) is 5.91 Å². The summed E-state index contributed by atoms with van der Waals surface area (Å²) in [4.78, 5) is 28.5. The highest BCUT2D eigenvalue weighted by Crippen LogP contribution is 2.28. The summed E-state index contributed by atoms with van der Waals surface area (Å²) >= 11 is 0. The van der Waals surface area contributed by atoms with Gasteiger partial charge in [-0.05, 0) is 48.9 Å². The molecule has 1 N–H and O–H groups in total. The van der Waals surface area contributed by atoms with Crippen molar-refractivity contribution in [2.24, 2.45) is 0 Å². The zero-order chi connectivity index (χ0) is 22.5. The number of methoxy groups -OCH3 is 2. The lowest BCUT2D eigenvalue weighted by atomic mass is 10.0. The van der Waals surface area contributed by atoms with Gasteiger partial charge in [-0.1, -0.05) is 13.0 Å². The van der Waals surface area contributed by atoms with Crippen LogP contribution >= 0.6 is 0 Å². The van der Waals surface area contributed by atoms with E-state index in [0.29, 0.717) is 34.0 Å². The molecule has 0 unspecified atom stereocenters. The summed E-state index contributed by atoms with van der Waals surface area (Å²) in [7, 11) is 3.02. The number of halogens is 1. The standard InChI is InChI=1S/C24H23FN2O4/c1-5-22(28)19-8-9-21(27-23(19)25)20-12-16(7-6-14(20)2)26-24(29)15-10-17(30-3)13-18(11-15)31-4/h6-13H,5H2,1-4H3,(H,26,29). The maximum atomic E-state index is 14.4. The van der Waals surface area contributed by atoms with Crippen molar-refractivity contribution in [3.63, 3.8) is 0 Å². The summed E-state index contributed by atoms with van der Waals surface area (Å²) < 4.78 is 24.8. The van der Waals surface area contributed by atoms with Crippen molar-refractivity contribution in [2.45, 2.75) is 20.3 Å². The van der Waals surface area contributed by atoms with E-state index in [1.807, 2.05) is 13.0 Å². The number of benzene rings is 2. The molecule has 0 saturated carbocycles. The molecule has 3 rings (SSSR count). The zero-order valence-electron chi connectivity index (χ0n) is 17.8. The van der Waals surface area contributed by atoms with E-state index in [1.165, 1.54) is 20.3 Å². The number of ketones is 1. The van der Waals surface area contributed by atoms with Crippen LogP contribution in [0.3, 0.4) is 0 Å². The van der Waals surface area contributed by atoms with Crippen molar-refractivity contribution in [2.75, 3.05) is 19.5 Å². The second-order valence-electron chi connectivity index (χ2n) is 6.90. The number of ether oxygens (including phenoxy) is 2. The van der Waals surface area contributed by atoms with Crippen LogP contribution in [0.15, 0.2) is 48.5 Å². The predicted molar refractivity (Wildman–Crippen MR) is 116 cm³/mol. The van der Waals surface area contributed by atoms with E-state index in [1.54, 1.807) is 43.3 Å². The SMILES string of the molecule is CCC(=O)c1ccc(-c2cc(NC(=O)c3cc(OC)cc(OC)c3)ccc2C)nc1F. The van der Waals surface area contributed by atoms with Crippen LogP contribution in [0.4, 0.5) is 10.1 Å². The molecule has 2 aromatic carbocycles. The molecule has 0 saturated heterocycles. The minimum Gasteiger partial charge on any atom is -0.497 e. The maximum Gasteiger partial charge on any atom is 0.255 e. The monoisotopic (exact) mass is 422 g/mol. The van der Waals surface area contributed by atoms with Gasteiger partial charge in [-0.25, -0.2) is 4.98 Å². The highest BCUT2D eigenvalue weighted by molar-refractivity contribution is 6.05. The molecule has 7 heteroatoms. The minimum absolute atomic E-state index is 0.0275. The van der Waals surface area contributed by atoms with Gasteiger partial charge in [0, 0.05) is 29.3 Å². The number of carbonyl (C=O) groups excluding carboxylic acids is 2. The van der Waals surface area contributed by atoms with E-state index in [9.17, 15) is 14.0 Å². The van der Waals surface area contributed by atoms with Crippen molar-refractivity contribution >= 4 is 17.4 Å². The molecule has 1 amide bonds. The predicted octanol–water partition coefficient (Wildman–Crippen LogP) is 5.06. The average molecular weight is 422 g/mol. The fourth-order valence-electron chi connectivity index (χ4n) is 3.10. The Hall–Kier alpha value is -3.74. The first-order valence-electron chi connectivity index (χ1n) is 9.71. The number of nitrogens with zero attached hydrogens (tertiary/aromatic N) is 1. The van der Waals surface area contributed by atoms with Gasteiger partial charge in [0.05, 0.1) is 25.5 Å². The summed E-state index contributed by atoms with van der Waals surface area (Å²) in [6.07, 6.45) is 0.202. The normalized spacial score (nSPS) is 10.5. The highest BCUT2D eigenvalue weighted by Gasteiger charge is 2.15. The van der Waals surface area contributed by atoms with Gasteiger partial charge >= 0.3 is 0 Å². The third-order valence-corrected chi connectivity index (χ3v) is 4.86. The van der Waals surface area contributed by atoms with E-state index in [2.05, 4.69) is 10.3 Å². The molecule has 3 aromatic rings. The maximum absolute atomic E-state index is 14.4. The Balaban J connectivity index is 1.91. The quantitative estimate of drug-likeness (QED) is 0.425. The van der Waals surface area contributed by atoms with Gasteiger partial charge in [0.2, 0.25) is 5.95 Å². The van der Waals surface area contributed by atoms with E-state index in [0.717, 1.165) is 5.56 Å². The van der Waals surface area contributed by atoms with E-state index >= 15 is 0 Å². The third kappa shape index (κ3) is 4.88. The molecule has 0 aliphatic rings. The Kier molecular flexibility index (Phi) is 6.65. The molecule has 6 nitrogen and oxygen atoms in total. The molecule has 0 spiro atoms. The van der Waals surface area contributed by atoms with Crippen LogP contribution in [0.25, 0.3) is 11.3 Å². The number of aromatic nitrogens is 1. The first kappa shape index (κ1) is 22.0. The summed E-state index contributed by atoms with van der Waals surface area (Å²) in [6, 6.07) is 13.2. The fraction of sp³-hybridized carbons (Fsp3) is 0.208. The lowest BCUT2D eigenvalue weighted by Gasteiger charge is -2.12. The van der Waals surface area contributed by atoms with Gasteiger partial charge < -0.3 is 14.8 Å². The average Bonchev–Trinajstić information content (AvgIpc) is 2.79. The molecule has 1 heterocycles. The fourth-order valence-corrected chi connectivity index (χ4v) is 3.10. The van der Waals surface area contributed by atoms with Crippen LogP contribution in [0, 0.1) is 12.9 Å². The summed E-state index contributed by atoms with van der Waals surface area (Å²) in [5, 5.41) is 2.83. The molecule has 1 aromatic heterocycles. The Labute approximate surface area is 180 Å². The van der Waals surface area contributed by atoms with Crippen LogP contribution < -0.4 is 14.8 Å². The Morgan fingerprint density at radius 2 is 1.68 bits per heavy atom. The first-order valence-corrected chi connectivity index (χ1v) is 9.71. The van der Waals surface area contributed by atoms with Crippen molar-refractivity contribution < 1.29 is 23.5 Å². The summed E-state index contributed by atoms with van der Waals surface area (Å²) in [5.41, 5.74) is 2.73. The van der Waals surface area contributed by atoms with Gasteiger partial charge in [-0.15, -0.1) is 0 Å². The number of hydrogen-bond donors (Lipinski definition) is 1. The number of anilines is 1. The molecule has 0 fully saturated rings. The Morgan fingerprint density at radius 1 is 1.00 bits per heavy atom. The van der Waals surface area contributed by atoms with E-state index in [-0.39, 0.29) is 23.7 Å². The molecular weight excluding hydrogens is 399 g/mol. The molecule has 0 atom stereocenters. The first-order chi connectivity index (χ1) is 14.9. The van der Waals surface area contributed by atoms with Crippen molar-refractivity contribution in [3.05, 3.63) is 71.2 Å².